The van der Waals surface area contributed by atoms with E-state index in [9.17, 15) is 18.0 Å². The molecule has 1 fully saturated rings. The largest absolute Gasteiger partial charge is 0.352 e. The van der Waals surface area contributed by atoms with E-state index in [0.717, 1.165) is 47.4 Å². The minimum atomic E-state index is -3.82. The second-order valence-electron chi connectivity index (χ2n) is 10.1. The molecule has 2 amide bonds. The van der Waals surface area contributed by atoms with Crippen LogP contribution in [0.2, 0.25) is 5.02 Å². The number of amides is 2. The molecule has 0 unspecified atom stereocenters. The van der Waals surface area contributed by atoms with E-state index in [0.29, 0.717) is 15.2 Å². The number of nitrogens with zero attached hydrogens (tertiary/aromatic N) is 2. The fourth-order valence-corrected chi connectivity index (χ4v) is 6.31. The fourth-order valence-electron chi connectivity index (χ4n) is 4.95. The summed E-state index contributed by atoms with van der Waals surface area (Å²) in [5, 5.41) is 3.72. The highest BCUT2D eigenvalue weighted by molar-refractivity contribution is 9.10. The van der Waals surface area contributed by atoms with Gasteiger partial charge >= 0.3 is 0 Å². The molecule has 0 radical (unpaired) electrons. The molecule has 1 aliphatic rings. The first kappa shape index (κ1) is 30.1. The molecule has 1 saturated carbocycles. The Hall–Kier alpha value is -2.88. The van der Waals surface area contributed by atoms with E-state index in [-0.39, 0.29) is 24.9 Å². The second kappa shape index (κ2) is 13.7. The number of hydrogen-bond acceptors (Lipinski definition) is 4. The van der Waals surface area contributed by atoms with Crippen molar-refractivity contribution < 1.29 is 18.0 Å². The maximum Gasteiger partial charge on any atom is 0.244 e. The molecule has 0 aromatic heterocycles. The van der Waals surface area contributed by atoms with Crippen molar-refractivity contribution in [1.82, 2.24) is 10.2 Å². The molecule has 0 saturated heterocycles. The zero-order valence-electron chi connectivity index (χ0n) is 22.3. The molecule has 0 heterocycles. The highest BCUT2D eigenvalue weighted by atomic mass is 79.9. The predicted octanol–water partition coefficient (Wildman–Crippen LogP) is 5.57. The molecule has 0 bridgehead atoms. The average molecular weight is 647 g/mol. The highest BCUT2D eigenvalue weighted by Crippen LogP contribution is 2.24. The minimum Gasteiger partial charge on any atom is -0.352 e. The number of benzene rings is 3. The molecular weight excluding hydrogens is 614 g/mol. The Morgan fingerprint density at radius 3 is 2.27 bits per heavy atom. The fraction of sp³-hybridized carbons (Fsp3) is 0.333. The quantitative estimate of drug-likeness (QED) is 0.295. The molecule has 212 valence electrons. The van der Waals surface area contributed by atoms with E-state index in [4.69, 9.17) is 11.6 Å². The summed E-state index contributed by atoms with van der Waals surface area (Å²) in [6.07, 6.45) is 5.27. The third kappa shape index (κ3) is 8.32. The minimum absolute atomic E-state index is 0.0624. The van der Waals surface area contributed by atoms with Gasteiger partial charge < -0.3 is 10.2 Å². The lowest BCUT2D eigenvalue weighted by molar-refractivity contribution is -0.140. The van der Waals surface area contributed by atoms with Crippen LogP contribution in [-0.2, 0) is 32.6 Å². The Balaban J connectivity index is 1.72. The van der Waals surface area contributed by atoms with E-state index >= 15 is 0 Å². The topological polar surface area (TPSA) is 86.8 Å². The van der Waals surface area contributed by atoms with Gasteiger partial charge in [-0.15, -0.1) is 0 Å². The maximum absolute atomic E-state index is 14.1. The third-order valence-electron chi connectivity index (χ3n) is 7.01. The Morgan fingerprint density at radius 2 is 1.65 bits per heavy atom. The van der Waals surface area contributed by atoms with Gasteiger partial charge in [-0.05, 0) is 54.3 Å². The van der Waals surface area contributed by atoms with Crippen LogP contribution in [0.4, 0.5) is 5.69 Å². The van der Waals surface area contributed by atoms with Crippen LogP contribution >= 0.6 is 27.5 Å². The van der Waals surface area contributed by atoms with Crippen molar-refractivity contribution in [2.45, 2.75) is 50.7 Å². The summed E-state index contributed by atoms with van der Waals surface area (Å²) < 4.78 is 27.5. The van der Waals surface area contributed by atoms with Crippen molar-refractivity contribution >= 4 is 55.1 Å². The van der Waals surface area contributed by atoms with Gasteiger partial charge in [0.2, 0.25) is 21.8 Å². The number of hydrogen-bond donors (Lipinski definition) is 1. The summed E-state index contributed by atoms with van der Waals surface area (Å²) in [6.45, 7) is -0.341. The van der Waals surface area contributed by atoms with Crippen LogP contribution < -0.4 is 9.62 Å². The van der Waals surface area contributed by atoms with E-state index in [1.165, 1.54) is 4.90 Å². The van der Waals surface area contributed by atoms with Gasteiger partial charge in [0.25, 0.3) is 0 Å². The number of sulfonamides is 1. The van der Waals surface area contributed by atoms with Crippen molar-refractivity contribution in [3.8, 4) is 0 Å². The summed E-state index contributed by atoms with van der Waals surface area (Å²) in [4.78, 5) is 29.4. The molecule has 7 nitrogen and oxygen atoms in total. The maximum atomic E-state index is 14.1. The Labute approximate surface area is 249 Å². The van der Waals surface area contributed by atoms with Crippen LogP contribution in [0.15, 0.2) is 83.3 Å². The number of anilines is 1. The number of carbonyl (C=O) groups is 2. The van der Waals surface area contributed by atoms with E-state index in [2.05, 4.69) is 21.2 Å². The Kier molecular flexibility index (Phi) is 10.3. The molecule has 3 aromatic carbocycles. The first-order valence-electron chi connectivity index (χ1n) is 13.2. The summed E-state index contributed by atoms with van der Waals surface area (Å²) in [5.74, 6) is -0.728. The van der Waals surface area contributed by atoms with Crippen molar-refractivity contribution in [2.24, 2.45) is 0 Å². The van der Waals surface area contributed by atoms with Gasteiger partial charge in [0, 0.05) is 28.5 Å². The summed E-state index contributed by atoms with van der Waals surface area (Å²) in [7, 11) is -3.82. The number of halogens is 2. The van der Waals surface area contributed by atoms with E-state index in [1.54, 1.807) is 48.5 Å². The number of nitrogens with one attached hydrogen (secondary N) is 1. The van der Waals surface area contributed by atoms with Crippen molar-refractivity contribution in [3.05, 3.63) is 99.5 Å². The van der Waals surface area contributed by atoms with Crippen LogP contribution in [-0.4, -0.2) is 50.0 Å². The first-order valence-corrected chi connectivity index (χ1v) is 16.2. The SMILES string of the molecule is CS(=O)(=O)N(CC(=O)N(Cc1ccc(Cl)cc1)[C@@H](Cc1ccccc1)C(=O)NC1CCCC1)c1cccc(Br)c1. The van der Waals surface area contributed by atoms with Crippen LogP contribution in [0.3, 0.4) is 0 Å². The monoisotopic (exact) mass is 645 g/mol. The average Bonchev–Trinajstić information content (AvgIpc) is 3.43. The molecule has 4 rings (SSSR count). The lowest BCUT2D eigenvalue weighted by Crippen LogP contribution is -2.54. The van der Waals surface area contributed by atoms with Crippen LogP contribution in [0, 0.1) is 0 Å². The highest BCUT2D eigenvalue weighted by Gasteiger charge is 2.34. The van der Waals surface area contributed by atoms with Crippen LogP contribution in [0.5, 0.6) is 0 Å². The van der Waals surface area contributed by atoms with Gasteiger partial charge in [-0.25, -0.2) is 8.42 Å². The molecule has 0 aliphatic heterocycles. The van der Waals surface area contributed by atoms with Crippen molar-refractivity contribution in [3.63, 3.8) is 0 Å². The van der Waals surface area contributed by atoms with Gasteiger partial charge in [-0.2, -0.15) is 0 Å². The normalized spacial score (nSPS) is 14.5. The van der Waals surface area contributed by atoms with Crippen molar-refractivity contribution in [2.75, 3.05) is 17.1 Å². The smallest absolute Gasteiger partial charge is 0.244 e. The van der Waals surface area contributed by atoms with Crippen LogP contribution in [0.1, 0.15) is 36.8 Å². The van der Waals surface area contributed by atoms with Gasteiger partial charge in [0.05, 0.1) is 11.9 Å². The van der Waals surface area contributed by atoms with Gasteiger partial charge in [-0.3, -0.25) is 13.9 Å². The number of carbonyl (C=O) groups excluding carboxylic acids is 2. The zero-order chi connectivity index (χ0) is 28.7. The second-order valence-corrected chi connectivity index (χ2v) is 13.4. The molecule has 1 aliphatic carbocycles. The Morgan fingerprint density at radius 1 is 0.975 bits per heavy atom. The lowest BCUT2D eigenvalue weighted by atomic mass is 10.0. The van der Waals surface area contributed by atoms with E-state index in [1.807, 2.05) is 30.3 Å². The standard InChI is InChI=1S/C30H33BrClN3O4S/c1-40(38,39)35(27-13-7-10-24(31)19-27)21-29(36)34(20-23-14-16-25(32)17-15-23)28(18-22-8-3-2-4-9-22)30(37)33-26-11-5-6-12-26/h2-4,7-10,13-17,19,26,28H,5-6,11-12,18,20-21H2,1H3,(H,33,37)/t28-/m0/s1. The summed E-state index contributed by atoms with van der Waals surface area (Å²) in [6, 6.07) is 22.6. The lowest BCUT2D eigenvalue weighted by Gasteiger charge is -2.34. The van der Waals surface area contributed by atoms with Gasteiger partial charge in [-0.1, -0.05) is 88.9 Å². The van der Waals surface area contributed by atoms with Crippen LogP contribution in [0.25, 0.3) is 0 Å². The molecule has 3 aromatic rings. The first-order chi connectivity index (χ1) is 19.1. The van der Waals surface area contributed by atoms with Gasteiger partial charge in [0.1, 0.15) is 12.6 Å². The number of rotatable bonds is 11. The molecule has 1 N–H and O–H groups in total. The molecule has 0 spiro atoms. The molecular formula is C30H33BrClN3O4S. The summed E-state index contributed by atoms with van der Waals surface area (Å²) in [5.41, 5.74) is 2.03. The molecule has 10 heteroatoms. The molecule has 40 heavy (non-hydrogen) atoms. The predicted molar refractivity (Wildman–Crippen MR) is 163 cm³/mol. The van der Waals surface area contributed by atoms with E-state index < -0.39 is 28.5 Å². The molecule has 1 atom stereocenters. The summed E-state index contributed by atoms with van der Waals surface area (Å²) >= 11 is 9.49. The van der Waals surface area contributed by atoms with Crippen molar-refractivity contribution in [1.29, 1.82) is 0 Å². The van der Waals surface area contributed by atoms with Gasteiger partial charge in [0.15, 0.2) is 0 Å². The third-order valence-corrected chi connectivity index (χ3v) is 8.90. The Bertz CT molecular complexity index is 1410. The zero-order valence-corrected chi connectivity index (χ0v) is 25.5.